The highest BCUT2D eigenvalue weighted by Crippen LogP contribution is 2.17. The molecule has 0 aromatic carbocycles. The second-order valence-corrected chi connectivity index (χ2v) is 4.44. The summed E-state index contributed by atoms with van der Waals surface area (Å²) in [5.41, 5.74) is 0. The van der Waals surface area contributed by atoms with Gasteiger partial charge in [0.1, 0.15) is 0 Å². The number of hydrogen-bond donors (Lipinski definition) is 2. The lowest BCUT2D eigenvalue weighted by Gasteiger charge is -2.22. The Labute approximate surface area is 92.4 Å². The molecule has 1 aliphatic rings. The van der Waals surface area contributed by atoms with Crippen LogP contribution in [0.5, 0.6) is 0 Å². The van der Waals surface area contributed by atoms with Crippen LogP contribution < -0.4 is 0 Å². The summed E-state index contributed by atoms with van der Waals surface area (Å²) in [5.74, 6) is -0.850. The minimum absolute atomic E-state index is 0.00463. The minimum Gasteiger partial charge on any atom is -0.481 e. The first-order valence-corrected chi connectivity index (χ1v) is 6.00. The number of likely N-dealkylation sites (tertiary alicyclic amines) is 1. The van der Waals surface area contributed by atoms with Crippen molar-refractivity contribution in [3.63, 3.8) is 0 Å². The van der Waals surface area contributed by atoms with Crippen LogP contribution in [0.2, 0.25) is 0 Å². The van der Waals surface area contributed by atoms with E-state index in [1.165, 1.54) is 0 Å². The van der Waals surface area contributed by atoms with Crippen molar-refractivity contribution in [1.82, 2.24) is 4.90 Å². The van der Waals surface area contributed by atoms with Crippen molar-refractivity contribution in [2.24, 2.45) is 0 Å². The van der Waals surface area contributed by atoms with Crippen LogP contribution in [-0.4, -0.2) is 57.7 Å². The first kappa shape index (κ1) is 12.3. The molecule has 1 saturated heterocycles. The van der Waals surface area contributed by atoms with Crippen molar-refractivity contribution in [1.29, 1.82) is 0 Å². The molecule has 1 atom stereocenters. The number of rotatable bonds is 5. The van der Waals surface area contributed by atoms with Gasteiger partial charge in [0.25, 0.3) is 0 Å². The maximum atomic E-state index is 11.6. The standard InChI is InChI=1S/C9H15NO4S/c11-4-7-2-1-3-10(7)8(12)5-15-6-9(13)14/h7,11H,1-6H2,(H,13,14)/t7-/m1/s1. The van der Waals surface area contributed by atoms with Crippen molar-refractivity contribution in [2.45, 2.75) is 18.9 Å². The predicted molar refractivity (Wildman–Crippen MR) is 56.8 cm³/mol. The molecule has 0 aromatic heterocycles. The van der Waals surface area contributed by atoms with Gasteiger partial charge in [0.2, 0.25) is 5.91 Å². The fourth-order valence-corrected chi connectivity index (χ4v) is 2.28. The fraction of sp³-hybridized carbons (Fsp3) is 0.778. The maximum Gasteiger partial charge on any atom is 0.313 e. The highest BCUT2D eigenvalue weighted by atomic mass is 32.2. The van der Waals surface area contributed by atoms with E-state index < -0.39 is 5.97 Å². The molecule has 5 nitrogen and oxygen atoms in total. The molecule has 15 heavy (non-hydrogen) atoms. The first-order valence-electron chi connectivity index (χ1n) is 4.85. The van der Waals surface area contributed by atoms with Crippen LogP contribution in [0.4, 0.5) is 0 Å². The van der Waals surface area contributed by atoms with Gasteiger partial charge in [-0.15, -0.1) is 11.8 Å². The molecule has 1 aliphatic heterocycles. The fourth-order valence-electron chi connectivity index (χ4n) is 1.66. The third-order valence-electron chi connectivity index (χ3n) is 2.36. The zero-order valence-corrected chi connectivity index (χ0v) is 9.20. The molecule has 86 valence electrons. The Morgan fingerprint density at radius 3 is 2.73 bits per heavy atom. The predicted octanol–water partition coefficient (Wildman–Crippen LogP) is -0.213. The van der Waals surface area contributed by atoms with E-state index in [1.54, 1.807) is 4.90 Å². The van der Waals surface area contributed by atoms with Gasteiger partial charge in [-0.05, 0) is 12.8 Å². The Morgan fingerprint density at radius 1 is 1.40 bits per heavy atom. The van der Waals surface area contributed by atoms with Gasteiger partial charge < -0.3 is 15.1 Å². The van der Waals surface area contributed by atoms with Gasteiger partial charge in [-0.2, -0.15) is 0 Å². The summed E-state index contributed by atoms with van der Waals surface area (Å²) in [6.45, 7) is 0.674. The average Bonchev–Trinajstić information content (AvgIpc) is 2.64. The van der Waals surface area contributed by atoms with Gasteiger partial charge in [0, 0.05) is 6.54 Å². The average molecular weight is 233 g/mol. The third-order valence-corrected chi connectivity index (χ3v) is 3.26. The van der Waals surface area contributed by atoms with Crippen LogP contribution in [0, 0.1) is 0 Å². The summed E-state index contributed by atoms with van der Waals surface area (Å²) in [5, 5.41) is 17.4. The van der Waals surface area contributed by atoms with Crippen molar-refractivity contribution < 1.29 is 19.8 Å². The number of carbonyl (C=O) groups is 2. The normalized spacial score (nSPS) is 20.6. The molecule has 2 N–H and O–H groups in total. The zero-order valence-electron chi connectivity index (χ0n) is 8.39. The number of carboxylic acid groups (broad SMARTS) is 1. The monoisotopic (exact) mass is 233 g/mol. The second kappa shape index (κ2) is 5.97. The van der Waals surface area contributed by atoms with Gasteiger partial charge >= 0.3 is 5.97 Å². The highest BCUT2D eigenvalue weighted by Gasteiger charge is 2.27. The molecule has 0 aliphatic carbocycles. The summed E-state index contributed by atoms with van der Waals surface area (Å²) in [6, 6.07) is -0.0667. The molecule has 0 bridgehead atoms. The molecule has 0 saturated carbocycles. The summed E-state index contributed by atoms with van der Waals surface area (Å²) in [7, 11) is 0. The number of thioether (sulfide) groups is 1. The molecular weight excluding hydrogens is 218 g/mol. The molecule has 1 heterocycles. The van der Waals surface area contributed by atoms with Gasteiger partial charge in [-0.3, -0.25) is 9.59 Å². The smallest absolute Gasteiger partial charge is 0.313 e. The number of carbonyl (C=O) groups excluding carboxylic acids is 1. The molecule has 0 radical (unpaired) electrons. The molecule has 1 amide bonds. The van der Waals surface area contributed by atoms with Crippen LogP contribution in [0.3, 0.4) is 0 Å². The van der Waals surface area contributed by atoms with Crippen LogP contribution in [0.15, 0.2) is 0 Å². The molecule has 1 rings (SSSR count). The van der Waals surface area contributed by atoms with E-state index in [4.69, 9.17) is 10.2 Å². The van der Waals surface area contributed by atoms with E-state index >= 15 is 0 Å². The number of aliphatic hydroxyl groups excluding tert-OH is 1. The van der Waals surface area contributed by atoms with E-state index in [9.17, 15) is 9.59 Å². The SMILES string of the molecule is O=C(O)CSCC(=O)N1CCC[C@@H]1CO. The highest BCUT2D eigenvalue weighted by molar-refractivity contribution is 8.00. The minimum atomic E-state index is -0.909. The van der Waals surface area contributed by atoms with E-state index in [1.807, 2.05) is 0 Å². The number of aliphatic carboxylic acids is 1. The summed E-state index contributed by atoms with van der Waals surface area (Å²) in [6.07, 6.45) is 1.76. The van der Waals surface area contributed by atoms with Crippen molar-refractivity contribution in [3.8, 4) is 0 Å². The van der Waals surface area contributed by atoms with E-state index in [2.05, 4.69) is 0 Å². The van der Waals surface area contributed by atoms with Gasteiger partial charge in [0.05, 0.1) is 24.2 Å². The number of amides is 1. The largest absolute Gasteiger partial charge is 0.481 e. The van der Waals surface area contributed by atoms with Gasteiger partial charge in [-0.25, -0.2) is 0 Å². The van der Waals surface area contributed by atoms with Gasteiger partial charge in [0.15, 0.2) is 0 Å². The van der Waals surface area contributed by atoms with Crippen molar-refractivity contribution in [2.75, 3.05) is 24.7 Å². The maximum absolute atomic E-state index is 11.6. The van der Waals surface area contributed by atoms with Crippen molar-refractivity contribution in [3.05, 3.63) is 0 Å². The lowest BCUT2D eigenvalue weighted by Crippen LogP contribution is -2.38. The lowest BCUT2D eigenvalue weighted by atomic mass is 10.2. The van der Waals surface area contributed by atoms with Crippen LogP contribution in [-0.2, 0) is 9.59 Å². The summed E-state index contributed by atoms with van der Waals surface area (Å²) in [4.78, 5) is 23.5. The Bertz CT molecular complexity index is 246. The van der Waals surface area contributed by atoms with Crippen LogP contribution in [0.25, 0.3) is 0 Å². The van der Waals surface area contributed by atoms with E-state index in [0.717, 1.165) is 24.6 Å². The van der Waals surface area contributed by atoms with E-state index in [0.29, 0.717) is 6.54 Å². The van der Waals surface area contributed by atoms with E-state index in [-0.39, 0.29) is 30.1 Å². The quantitative estimate of drug-likeness (QED) is 0.687. The lowest BCUT2D eigenvalue weighted by molar-refractivity contribution is -0.133. The Morgan fingerprint density at radius 2 is 2.13 bits per heavy atom. The number of aliphatic hydroxyl groups is 1. The zero-order chi connectivity index (χ0) is 11.3. The molecule has 0 spiro atoms. The summed E-state index contributed by atoms with van der Waals surface area (Å²) < 4.78 is 0. The molecule has 0 unspecified atom stereocenters. The van der Waals surface area contributed by atoms with Crippen molar-refractivity contribution >= 4 is 23.6 Å². The molecule has 1 fully saturated rings. The molecule has 6 heteroatoms. The Balaban J connectivity index is 2.29. The van der Waals surface area contributed by atoms with Crippen LogP contribution in [0.1, 0.15) is 12.8 Å². The number of nitrogens with zero attached hydrogens (tertiary/aromatic N) is 1. The molecule has 0 aromatic rings. The number of carboxylic acids is 1. The van der Waals surface area contributed by atoms with Gasteiger partial charge in [-0.1, -0.05) is 0 Å². The first-order chi connectivity index (χ1) is 7.15. The second-order valence-electron chi connectivity index (χ2n) is 3.45. The summed E-state index contributed by atoms with van der Waals surface area (Å²) >= 11 is 1.10. The molecular formula is C9H15NO4S. The Hall–Kier alpha value is -0.750. The van der Waals surface area contributed by atoms with Crippen LogP contribution >= 0.6 is 11.8 Å². The number of hydrogen-bond acceptors (Lipinski definition) is 4. The topological polar surface area (TPSA) is 77.8 Å². The Kier molecular flexibility index (Phi) is 4.90. The third kappa shape index (κ3) is 3.71.